The number of fused-ring (bicyclic) bond motifs is 1. The van der Waals surface area contributed by atoms with Crippen LogP contribution in [0.2, 0.25) is 0 Å². The Morgan fingerprint density at radius 3 is 2.51 bits per heavy atom. The second-order valence-electron chi connectivity index (χ2n) is 11.1. The van der Waals surface area contributed by atoms with Crippen LogP contribution in [0.4, 0.5) is 11.8 Å². The highest BCUT2D eigenvalue weighted by Gasteiger charge is 2.27. The van der Waals surface area contributed by atoms with E-state index in [-0.39, 0.29) is 6.10 Å². The third-order valence-electron chi connectivity index (χ3n) is 8.45. The topological polar surface area (TPSA) is 117 Å². The van der Waals surface area contributed by atoms with Gasteiger partial charge in [-0.15, -0.1) is 0 Å². The Labute approximate surface area is 209 Å². The molecule has 3 heterocycles. The maximum absolute atomic E-state index is 10.5. The van der Waals surface area contributed by atoms with Gasteiger partial charge in [-0.2, -0.15) is 9.97 Å². The van der Waals surface area contributed by atoms with E-state index in [9.17, 15) is 5.11 Å². The molecule has 0 radical (unpaired) electrons. The van der Waals surface area contributed by atoms with Crippen LogP contribution in [-0.2, 0) is 0 Å². The number of piperidine rings is 1. The molecule has 0 spiro atoms. The summed E-state index contributed by atoms with van der Waals surface area (Å²) in [5.41, 5.74) is 11.5. The van der Waals surface area contributed by atoms with Gasteiger partial charge in [0.15, 0.2) is 17.0 Å². The van der Waals surface area contributed by atoms with Crippen molar-refractivity contribution in [3.63, 3.8) is 0 Å². The molecule has 3 aliphatic rings. The lowest BCUT2D eigenvalue weighted by Gasteiger charge is -2.34. The normalized spacial score (nSPS) is 25.8. The van der Waals surface area contributed by atoms with Crippen LogP contribution in [0.25, 0.3) is 11.2 Å². The van der Waals surface area contributed by atoms with Crippen molar-refractivity contribution >= 4 is 22.9 Å². The van der Waals surface area contributed by atoms with E-state index in [1.165, 1.54) is 25.7 Å². The molecule has 2 aromatic heterocycles. The van der Waals surface area contributed by atoms with E-state index >= 15 is 0 Å². The Balaban J connectivity index is 1.32. The molecule has 3 fully saturated rings. The van der Waals surface area contributed by atoms with Gasteiger partial charge in [-0.3, -0.25) is 0 Å². The highest BCUT2D eigenvalue weighted by molar-refractivity contribution is 5.84. The largest absolute Gasteiger partial charge is 0.393 e. The first-order valence-corrected chi connectivity index (χ1v) is 14.1. The summed E-state index contributed by atoms with van der Waals surface area (Å²) < 4.78 is 2.27. The van der Waals surface area contributed by atoms with Crippen LogP contribution in [0.1, 0.15) is 96.4 Å². The minimum absolute atomic E-state index is 0.176. The van der Waals surface area contributed by atoms with E-state index < -0.39 is 0 Å². The zero-order valence-corrected chi connectivity index (χ0v) is 21.3. The molecule has 1 unspecified atom stereocenters. The number of imidazole rings is 1. The van der Waals surface area contributed by atoms with Crippen LogP contribution < -0.4 is 16.5 Å². The van der Waals surface area contributed by atoms with E-state index in [0.29, 0.717) is 30.0 Å². The number of aliphatic hydroxyl groups is 1. The predicted octanol–water partition coefficient (Wildman–Crippen LogP) is 4.21. The van der Waals surface area contributed by atoms with Gasteiger partial charge >= 0.3 is 0 Å². The molecule has 5 N–H and O–H groups in total. The number of hydrazine groups is 1. The van der Waals surface area contributed by atoms with Crippen molar-refractivity contribution in [1.82, 2.24) is 24.5 Å². The second-order valence-corrected chi connectivity index (χ2v) is 11.1. The minimum Gasteiger partial charge on any atom is -0.393 e. The molecule has 2 saturated carbocycles. The number of aromatic nitrogens is 4. The van der Waals surface area contributed by atoms with E-state index in [4.69, 9.17) is 20.7 Å². The van der Waals surface area contributed by atoms with Crippen molar-refractivity contribution in [1.29, 1.82) is 0 Å². The molecule has 0 amide bonds. The fourth-order valence-corrected chi connectivity index (χ4v) is 6.15. The molecular formula is C26H44N8O. The summed E-state index contributed by atoms with van der Waals surface area (Å²) in [6.07, 6.45) is 16.1. The molecule has 35 heavy (non-hydrogen) atoms. The predicted molar refractivity (Wildman–Crippen MR) is 140 cm³/mol. The number of anilines is 2. The van der Waals surface area contributed by atoms with Crippen molar-refractivity contribution in [2.24, 2.45) is 11.7 Å². The quantitative estimate of drug-likeness (QED) is 0.418. The van der Waals surface area contributed by atoms with Crippen molar-refractivity contribution in [3.8, 4) is 0 Å². The first-order chi connectivity index (χ1) is 17.1. The van der Waals surface area contributed by atoms with Gasteiger partial charge in [-0.25, -0.2) is 9.99 Å². The summed E-state index contributed by atoms with van der Waals surface area (Å²) in [6.45, 7) is 3.97. The van der Waals surface area contributed by atoms with Gasteiger partial charge in [-0.1, -0.05) is 32.6 Å². The Morgan fingerprint density at radius 1 is 1.06 bits per heavy atom. The number of nitrogens with two attached hydrogens (primary N) is 1. The Morgan fingerprint density at radius 2 is 1.80 bits per heavy atom. The monoisotopic (exact) mass is 484 g/mol. The SMILES string of the molecule is CCCCC(O)C1CCN(Nc2nc(NC3CCC(N)CC3)nc3c2ncn3C2CCCC2)CC1. The smallest absolute Gasteiger partial charge is 0.227 e. The maximum atomic E-state index is 10.5. The standard InChI is InChI=1S/C26H44N8O/c1-2-3-8-22(35)18-13-15-33(16-14-18)32-24-23-25(34(17-28-23)21-6-4-5-7-21)31-26(30-24)29-20-11-9-19(27)10-12-20/h17-22,35H,2-16,27H2,1H3,(H2,29,30,31,32). The fourth-order valence-electron chi connectivity index (χ4n) is 6.15. The fraction of sp³-hybridized carbons (Fsp3) is 0.808. The second kappa shape index (κ2) is 11.4. The summed E-state index contributed by atoms with van der Waals surface area (Å²) in [7, 11) is 0. The van der Waals surface area contributed by atoms with Gasteiger partial charge in [0.25, 0.3) is 0 Å². The van der Waals surface area contributed by atoms with Crippen molar-refractivity contribution in [2.75, 3.05) is 23.8 Å². The third-order valence-corrected chi connectivity index (χ3v) is 8.45. The van der Waals surface area contributed by atoms with E-state index in [1.54, 1.807) is 0 Å². The van der Waals surface area contributed by atoms with Gasteiger partial charge in [0.1, 0.15) is 0 Å². The lowest BCUT2D eigenvalue weighted by Crippen LogP contribution is -2.41. The number of nitrogens with zero attached hydrogens (tertiary/aromatic N) is 5. The van der Waals surface area contributed by atoms with E-state index in [0.717, 1.165) is 87.9 Å². The van der Waals surface area contributed by atoms with Crippen LogP contribution in [-0.4, -0.2) is 60.9 Å². The van der Waals surface area contributed by atoms with Crippen LogP contribution >= 0.6 is 0 Å². The van der Waals surface area contributed by atoms with Gasteiger partial charge in [0, 0.05) is 31.2 Å². The first-order valence-electron chi connectivity index (χ1n) is 14.1. The van der Waals surface area contributed by atoms with Gasteiger partial charge < -0.3 is 26.1 Å². The summed E-state index contributed by atoms with van der Waals surface area (Å²) >= 11 is 0. The summed E-state index contributed by atoms with van der Waals surface area (Å²) in [5, 5.41) is 16.4. The van der Waals surface area contributed by atoms with Crippen molar-refractivity contribution < 1.29 is 5.11 Å². The van der Waals surface area contributed by atoms with Crippen LogP contribution in [0, 0.1) is 5.92 Å². The summed E-state index contributed by atoms with van der Waals surface area (Å²) in [4.78, 5) is 14.6. The zero-order valence-electron chi connectivity index (χ0n) is 21.3. The molecule has 1 atom stereocenters. The number of unbranched alkanes of at least 4 members (excludes halogenated alkanes) is 1. The van der Waals surface area contributed by atoms with E-state index in [2.05, 4.69) is 27.2 Å². The number of hydrogen-bond acceptors (Lipinski definition) is 8. The number of rotatable bonds is 9. The highest BCUT2D eigenvalue weighted by atomic mass is 16.3. The van der Waals surface area contributed by atoms with Gasteiger partial charge in [-0.05, 0) is 63.7 Å². The molecule has 9 nitrogen and oxygen atoms in total. The minimum atomic E-state index is -0.176. The first kappa shape index (κ1) is 24.7. The average molecular weight is 485 g/mol. The van der Waals surface area contributed by atoms with Crippen molar-refractivity contribution in [2.45, 2.75) is 115 Å². The van der Waals surface area contributed by atoms with Crippen molar-refractivity contribution in [3.05, 3.63) is 6.33 Å². The number of nitrogens with one attached hydrogen (secondary N) is 2. The Hall–Kier alpha value is -1.97. The zero-order chi connectivity index (χ0) is 24.2. The highest BCUT2D eigenvalue weighted by Crippen LogP contribution is 2.34. The molecule has 0 aromatic carbocycles. The Kier molecular flexibility index (Phi) is 8.04. The van der Waals surface area contributed by atoms with E-state index in [1.807, 2.05) is 6.33 Å². The van der Waals surface area contributed by atoms with Gasteiger partial charge in [0.2, 0.25) is 5.95 Å². The maximum Gasteiger partial charge on any atom is 0.227 e. The lowest BCUT2D eigenvalue weighted by molar-refractivity contribution is 0.0579. The number of hydrogen-bond donors (Lipinski definition) is 4. The van der Waals surface area contributed by atoms with Crippen LogP contribution in [0.15, 0.2) is 6.33 Å². The van der Waals surface area contributed by atoms with Crippen LogP contribution in [0.5, 0.6) is 0 Å². The van der Waals surface area contributed by atoms with Gasteiger partial charge in [0.05, 0.1) is 12.4 Å². The molecule has 5 rings (SSSR count). The molecule has 194 valence electrons. The average Bonchev–Trinajstić information content (AvgIpc) is 3.54. The Bertz CT molecular complexity index is 942. The third kappa shape index (κ3) is 5.89. The summed E-state index contributed by atoms with van der Waals surface area (Å²) in [5.74, 6) is 1.86. The molecule has 2 aromatic rings. The van der Waals surface area contributed by atoms with Crippen LogP contribution in [0.3, 0.4) is 0 Å². The summed E-state index contributed by atoms with van der Waals surface area (Å²) in [6, 6.07) is 1.16. The lowest BCUT2D eigenvalue weighted by atomic mass is 9.89. The molecular weight excluding hydrogens is 440 g/mol. The molecule has 0 bridgehead atoms. The molecule has 9 heteroatoms. The molecule has 1 aliphatic heterocycles. The molecule has 2 aliphatic carbocycles. The molecule has 1 saturated heterocycles. The number of aliphatic hydroxyl groups excluding tert-OH is 1.